The molecule has 5 heteroatoms. The quantitative estimate of drug-likeness (QED) is 0.905. The average molecular weight is 282 g/mol. The zero-order valence-electron chi connectivity index (χ0n) is 12.7. The number of nitrogen functional groups attached to an aromatic ring is 1. The van der Waals surface area contributed by atoms with Gasteiger partial charge in [0.05, 0.1) is 11.4 Å². The summed E-state index contributed by atoms with van der Waals surface area (Å²) in [7, 11) is 0. The zero-order valence-corrected chi connectivity index (χ0v) is 13.5. The minimum Gasteiger partial charge on any atom is -0.394 e. The molecule has 1 aliphatic rings. The van der Waals surface area contributed by atoms with Crippen molar-refractivity contribution in [2.75, 3.05) is 29.5 Å². The molecule has 2 heterocycles. The summed E-state index contributed by atoms with van der Waals surface area (Å²) in [6.45, 7) is 13.1. The summed E-state index contributed by atoms with van der Waals surface area (Å²) in [6.07, 6.45) is 1.18. The van der Waals surface area contributed by atoms with Gasteiger partial charge in [0, 0.05) is 29.6 Å². The minimum absolute atomic E-state index is 0.343. The minimum atomic E-state index is 0.343. The summed E-state index contributed by atoms with van der Waals surface area (Å²) >= 11 is 2.05. The van der Waals surface area contributed by atoms with Crippen LogP contribution in [0.15, 0.2) is 0 Å². The van der Waals surface area contributed by atoms with Crippen molar-refractivity contribution in [3.8, 4) is 0 Å². The summed E-state index contributed by atoms with van der Waals surface area (Å²) in [5.74, 6) is 2.26. The van der Waals surface area contributed by atoms with Gasteiger partial charge in [0.1, 0.15) is 0 Å². The second-order valence-corrected chi connectivity index (χ2v) is 8.01. The molecule has 2 rings (SSSR count). The van der Waals surface area contributed by atoms with Crippen LogP contribution in [0, 0.1) is 6.92 Å². The fourth-order valence-corrected chi connectivity index (χ4v) is 3.56. The van der Waals surface area contributed by atoms with Crippen molar-refractivity contribution in [3.05, 3.63) is 5.69 Å². The molecule has 4 nitrogen and oxygen atoms in total. The van der Waals surface area contributed by atoms with Gasteiger partial charge in [-0.3, -0.25) is 0 Å². The van der Waals surface area contributed by atoms with Crippen molar-refractivity contribution in [1.82, 2.24) is 9.78 Å². The number of rotatable bonds is 2. The van der Waals surface area contributed by atoms with Crippen LogP contribution in [0.4, 0.5) is 11.5 Å². The average Bonchev–Trinajstić information content (AvgIpc) is 2.50. The smallest absolute Gasteiger partial charge is 0.150 e. The molecule has 0 unspecified atom stereocenters. The molecule has 0 amide bonds. The van der Waals surface area contributed by atoms with E-state index in [0.29, 0.717) is 10.8 Å². The lowest BCUT2D eigenvalue weighted by Gasteiger charge is -2.26. The van der Waals surface area contributed by atoms with Gasteiger partial charge in [0.25, 0.3) is 0 Å². The predicted octanol–water partition coefficient (Wildman–Crippen LogP) is 3.08. The lowest BCUT2D eigenvalue weighted by molar-refractivity contribution is 0.519. The van der Waals surface area contributed by atoms with Crippen LogP contribution in [0.3, 0.4) is 0 Å². The van der Waals surface area contributed by atoms with Gasteiger partial charge in [0.2, 0.25) is 0 Å². The van der Waals surface area contributed by atoms with Crippen molar-refractivity contribution < 1.29 is 0 Å². The van der Waals surface area contributed by atoms with E-state index in [4.69, 9.17) is 5.73 Å². The molecule has 0 radical (unpaired) electrons. The van der Waals surface area contributed by atoms with Gasteiger partial charge in [-0.1, -0.05) is 13.8 Å². The maximum Gasteiger partial charge on any atom is 0.150 e. The van der Waals surface area contributed by atoms with E-state index in [0.717, 1.165) is 36.0 Å². The molecule has 108 valence electrons. The Kier molecular flexibility index (Phi) is 4.04. The summed E-state index contributed by atoms with van der Waals surface area (Å²) in [4.78, 5) is 2.41. The Balaban J connectivity index is 2.31. The lowest BCUT2D eigenvalue weighted by Crippen LogP contribution is -2.30. The standard InChI is InChI=1S/C14H26N4S/c1-10(2)18-13(12(15)11(3)16-18)17-7-6-14(4,5)19-9-8-17/h10H,6-9,15H2,1-5H3. The highest BCUT2D eigenvalue weighted by atomic mass is 32.2. The van der Waals surface area contributed by atoms with Crippen LogP contribution in [0.1, 0.15) is 45.9 Å². The zero-order chi connectivity index (χ0) is 14.2. The molecular weight excluding hydrogens is 256 g/mol. The molecule has 0 aliphatic carbocycles. The van der Waals surface area contributed by atoms with E-state index >= 15 is 0 Å². The van der Waals surface area contributed by atoms with Crippen molar-refractivity contribution in [2.24, 2.45) is 0 Å². The highest BCUT2D eigenvalue weighted by Gasteiger charge is 2.27. The Morgan fingerprint density at radius 1 is 1.32 bits per heavy atom. The molecule has 2 N–H and O–H groups in total. The van der Waals surface area contributed by atoms with Crippen LogP contribution in [-0.2, 0) is 0 Å². The molecule has 1 fully saturated rings. The van der Waals surface area contributed by atoms with E-state index in [1.54, 1.807) is 0 Å². The van der Waals surface area contributed by atoms with Crippen molar-refractivity contribution in [1.29, 1.82) is 0 Å². The Labute approximate surface area is 120 Å². The first-order chi connectivity index (χ1) is 8.82. The first kappa shape index (κ1) is 14.6. The Hall–Kier alpha value is -0.840. The van der Waals surface area contributed by atoms with E-state index in [-0.39, 0.29) is 0 Å². The molecule has 0 atom stereocenters. The third-order valence-electron chi connectivity index (χ3n) is 3.73. The lowest BCUT2D eigenvalue weighted by atomic mass is 10.1. The Morgan fingerprint density at radius 3 is 2.63 bits per heavy atom. The molecule has 0 bridgehead atoms. The largest absolute Gasteiger partial charge is 0.394 e. The SMILES string of the molecule is Cc1nn(C(C)C)c(N2CCSC(C)(C)CC2)c1N. The molecule has 1 aliphatic heterocycles. The van der Waals surface area contributed by atoms with Gasteiger partial charge in [-0.25, -0.2) is 4.68 Å². The third kappa shape index (κ3) is 3.02. The maximum atomic E-state index is 6.26. The number of thioether (sulfide) groups is 1. The van der Waals surface area contributed by atoms with Gasteiger partial charge in [0.15, 0.2) is 5.82 Å². The first-order valence-corrected chi connectivity index (χ1v) is 8.04. The molecule has 1 aromatic rings. The van der Waals surface area contributed by atoms with Crippen molar-refractivity contribution in [2.45, 2.75) is 51.8 Å². The third-order valence-corrected chi connectivity index (χ3v) is 5.10. The van der Waals surface area contributed by atoms with Crippen LogP contribution in [0.2, 0.25) is 0 Å². The van der Waals surface area contributed by atoms with E-state index in [1.807, 2.05) is 6.92 Å². The van der Waals surface area contributed by atoms with E-state index in [2.05, 4.69) is 54.1 Å². The molecule has 1 aromatic heterocycles. The number of anilines is 2. The van der Waals surface area contributed by atoms with Crippen molar-refractivity contribution in [3.63, 3.8) is 0 Å². The highest BCUT2D eigenvalue weighted by Crippen LogP contribution is 2.35. The molecular formula is C14H26N4S. The number of hydrogen-bond acceptors (Lipinski definition) is 4. The Bertz CT molecular complexity index is 451. The number of nitrogens with zero attached hydrogens (tertiary/aromatic N) is 3. The second kappa shape index (κ2) is 5.27. The van der Waals surface area contributed by atoms with Crippen LogP contribution in [0.5, 0.6) is 0 Å². The molecule has 0 saturated carbocycles. The second-order valence-electron chi connectivity index (χ2n) is 6.21. The normalized spacial score (nSPS) is 19.8. The van der Waals surface area contributed by atoms with Crippen LogP contribution >= 0.6 is 11.8 Å². The topological polar surface area (TPSA) is 47.1 Å². The summed E-state index contributed by atoms with van der Waals surface area (Å²) in [5, 5.41) is 4.60. The van der Waals surface area contributed by atoms with E-state index < -0.39 is 0 Å². The fraction of sp³-hybridized carbons (Fsp3) is 0.786. The maximum absolute atomic E-state index is 6.26. The van der Waals surface area contributed by atoms with Gasteiger partial charge in [-0.2, -0.15) is 16.9 Å². The number of nitrogens with two attached hydrogens (primary N) is 1. The molecule has 0 aromatic carbocycles. The fourth-order valence-electron chi connectivity index (χ4n) is 2.46. The van der Waals surface area contributed by atoms with Gasteiger partial charge >= 0.3 is 0 Å². The highest BCUT2D eigenvalue weighted by molar-refractivity contribution is 8.00. The number of aromatic nitrogens is 2. The summed E-state index contributed by atoms with van der Waals surface area (Å²) in [5.41, 5.74) is 8.05. The van der Waals surface area contributed by atoms with E-state index in [1.165, 1.54) is 6.42 Å². The van der Waals surface area contributed by atoms with Gasteiger partial charge < -0.3 is 10.6 Å². The summed E-state index contributed by atoms with van der Waals surface area (Å²) in [6, 6.07) is 0.343. The summed E-state index contributed by atoms with van der Waals surface area (Å²) < 4.78 is 2.44. The van der Waals surface area contributed by atoms with Crippen LogP contribution in [-0.4, -0.2) is 33.4 Å². The van der Waals surface area contributed by atoms with E-state index in [9.17, 15) is 0 Å². The van der Waals surface area contributed by atoms with Gasteiger partial charge in [-0.15, -0.1) is 0 Å². The first-order valence-electron chi connectivity index (χ1n) is 7.05. The van der Waals surface area contributed by atoms with Crippen LogP contribution < -0.4 is 10.6 Å². The van der Waals surface area contributed by atoms with Gasteiger partial charge in [-0.05, 0) is 27.2 Å². The number of aryl methyl sites for hydroxylation is 1. The monoisotopic (exact) mass is 282 g/mol. The molecule has 19 heavy (non-hydrogen) atoms. The Morgan fingerprint density at radius 2 is 2.00 bits per heavy atom. The van der Waals surface area contributed by atoms with Crippen molar-refractivity contribution >= 4 is 23.3 Å². The molecule has 0 spiro atoms. The van der Waals surface area contributed by atoms with Crippen LogP contribution in [0.25, 0.3) is 0 Å². The predicted molar refractivity (Wildman–Crippen MR) is 85.1 cm³/mol. The number of hydrogen-bond donors (Lipinski definition) is 1. The molecule has 1 saturated heterocycles.